The molecule has 4 aliphatic carbocycles. The Kier molecular flexibility index (Phi) is 6.29. The molecule has 210 valence electrons. The van der Waals surface area contributed by atoms with E-state index in [4.69, 9.17) is 4.52 Å². The number of amides is 1. The van der Waals surface area contributed by atoms with Gasteiger partial charge in [0.1, 0.15) is 5.82 Å². The van der Waals surface area contributed by atoms with Crippen molar-refractivity contribution in [2.45, 2.75) is 81.4 Å². The lowest BCUT2D eigenvalue weighted by atomic mass is 9.53. The average Bonchev–Trinajstić information content (AvgIpc) is 3.37. The quantitative estimate of drug-likeness (QED) is 0.470. The molecule has 7 nitrogen and oxygen atoms in total. The van der Waals surface area contributed by atoms with Crippen molar-refractivity contribution in [1.29, 1.82) is 5.26 Å². The number of nitrogens with zero attached hydrogens (tertiary/aromatic N) is 4. The Morgan fingerprint density at radius 3 is 2.26 bits per heavy atom. The van der Waals surface area contributed by atoms with Crippen LogP contribution >= 0.6 is 0 Å². The van der Waals surface area contributed by atoms with Gasteiger partial charge >= 0.3 is 12.1 Å². The lowest BCUT2D eigenvalue weighted by Crippen LogP contribution is -2.60. The van der Waals surface area contributed by atoms with E-state index < -0.39 is 64.9 Å². The maximum atomic E-state index is 14.3. The fourth-order valence-corrected chi connectivity index (χ4v) is 6.26. The first-order chi connectivity index (χ1) is 18.1. The molecule has 0 radical (unpaired) electrons. The summed E-state index contributed by atoms with van der Waals surface area (Å²) in [5, 5.41) is 23.0. The molecule has 4 saturated carbocycles. The van der Waals surface area contributed by atoms with Gasteiger partial charge in [-0.05, 0) is 75.0 Å². The molecule has 1 N–H and O–H groups in total. The van der Waals surface area contributed by atoms with Gasteiger partial charge in [-0.25, -0.2) is 4.39 Å². The second kappa shape index (κ2) is 8.94. The molecule has 1 heterocycles. The number of carbonyl (C=O) groups excluding carboxylic acids is 1. The molecule has 1 aromatic heterocycles. The number of aliphatic hydroxyl groups is 1. The van der Waals surface area contributed by atoms with E-state index in [0.29, 0.717) is 45.4 Å². The van der Waals surface area contributed by atoms with Crippen LogP contribution in [0.2, 0.25) is 0 Å². The molecule has 0 unspecified atom stereocenters. The lowest BCUT2D eigenvalue weighted by Gasteiger charge is -2.54. The van der Waals surface area contributed by atoms with Gasteiger partial charge in [-0.3, -0.25) is 4.79 Å². The number of aromatic nitrogens is 2. The van der Waals surface area contributed by atoms with Crippen molar-refractivity contribution in [2.24, 2.45) is 11.3 Å². The summed E-state index contributed by atoms with van der Waals surface area (Å²) in [6.45, 7) is 0.740. The standard InChI is InChI=1S/C26H26F6N4O3/c1-22(28,29)21-34-20(35-39-21)24-5-2-23(3-6-24,4-7-24)14-36(18-9-15(13-33)8-17(27)10-18)19(37)16-11-25(38,12-16)26(30,31)32/h8-10,16,38H,2-7,11-12,14H2,1H3. The highest BCUT2D eigenvalue weighted by Crippen LogP contribution is 2.58. The fraction of sp³-hybridized carbons (Fsp3) is 0.615. The van der Waals surface area contributed by atoms with E-state index in [1.54, 1.807) is 0 Å². The second-order valence-electron chi connectivity index (χ2n) is 11.5. The molecule has 1 amide bonds. The zero-order chi connectivity index (χ0) is 28.4. The smallest absolute Gasteiger partial charge is 0.380 e. The molecule has 1 aromatic carbocycles. The van der Waals surface area contributed by atoms with Crippen LogP contribution in [0.25, 0.3) is 0 Å². The Morgan fingerprint density at radius 1 is 1.13 bits per heavy atom. The van der Waals surface area contributed by atoms with Crippen molar-refractivity contribution in [3.05, 3.63) is 41.3 Å². The maximum absolute atomic E-state index is 14.3. The summed E-state index contributed by atoms with van der Waals surface area (Å²) >= 11 is 0. The van der Waals surface area contributed by atoms with Gasteiger partial charge in [-0.15, -0.1) is 0 Å². The first-order valence-corrected chi connectivity index (χ1v) is 12.6. The van der Waals surface area contributed by atoms with Crippen molar-refractivity contribution < 1.29 is 40.8 Å². The molecule has 13 heteroatoms. The van der Waals surface area contributed by atoms with Crippen molar-refractivity contribution in [1.82, 2.24) is 10.1 Å². The Morgan fingerprint density at radius 2 is 1.74 bits per heavy atom. The highest BCUT2D eigenvalue weighted by molar-refractivity contribution is 5.96. The van der Waals surface area contributed by atoms with Crippen LogP contribution < -0.4 is 4.90 Å². The SMILES string of the molecule is CC(F)(F)c1nc(C23CCC(CN(C(=O)C4CC(O)(C(F)(F)F)C4)c4cc(F)cc(C#N)c4)(CC2)CC3)no1. The van der Waals surface area contributed by atoms with Crippen LogP contribution in [0.1, 0.15) is 75.6 Å². The van der Waals surface area contributed by atoms with E-state index in [-0.39, 0.29) is 23.6 Å². The topological polar surface area (TPSA) is 103 Å². The van der Waals surface area contributed by atoms with Gasteiger partial charge in [-0.2, -0.15) is 32.2 Å². The summed E-state index contributed by atoms with van der Waals surface area (Å²) in [7, 11) is 0. The summed E-state index contributed by atoms with van der Waals surface area (Å²) in [6, 6.07) is 5.19. The van der Waals surface area contributed by atoms with E-state index in [1.807, 2.05) is 6.07 Å². The summed E-state index contributed by atoms with van der Waals surface area (Å²) in [4.78, 5) is 18.7. The normalized spacial score (nSPS) is 30.5. The highest BCUT2D eigenvalue weighted by Gasteiger charge is 2.63. The van der Waals surface area contributed by atoms with E-state index in [0.717, 1.165) is 12.1 Å². The molecule has 4 aliphatic rings. The molecule has 0 spiro atoms. The van der Waals surface area contributed by atoms with Gasteiger partial charge in [0.2, 0.25) is 5.91 Å². The third-order valence-corrected chi connectivity index (χ3v) is 8.81. The molecule has 39 heavy (non-hydrogen) atoms. The number of carbonyl (C=O) groups is 1. The van der Waals surface area contributed by atoms with Crippen LogP contribution in [0.3, 0.4) is 0 Å². The molecule has 2 bridgehead atoms. The van der Waals surface area contributed by atoms with Crippen LogP contribution in [-0.2, 0) is 16.1 Å². The van der Waals surface area contributed by atoms with E-state index in [1.165, 1.54) is 11.0 Å². The van der Waals surface area contributed by atoms with Gasteiger partial charge in [0.05, 0.1) is 11.6 Å². The highest BCUT2D eigenvalue weighted by atomic mass is 19.4. The van der Waals surface area contributed by atoms with Gasteiger partial charge in [-0.1, -0.05) is 5.16 Å². The Hall–Kier alpha value is -3.14. The summed E-state index contributed by atoms with van der Waals surface area (Å²) < 4.78 is 86.1. The second-order valence-corrected chi connectivity index (χ2v) is 11.5. The number of nitriles is 1. The van der Waals surface area contributed by atoms with E-state index in [2.05, 4.69) is 10.1 Å². The molecular formula is C26H26F6N4O3. The monoisotopic (exact) mass is 556 g/mol. The number of rotatable bonds is 6. The summed E-state index contributed by atoms with van der Waals surface area (Å²) in [5.41, 5.74) is -3.98. The van der Waals surface area contributed by atoms with Gasteiger partial charge in [0, 0.05) is 30.5 Å². The number of halogens is 6. The minimum absolute atomic E-state index is 0.0485. The molecule has 4 fully saturated rings. The third kappa shape index (κ3) is 4.77. The van der Waals surface area contributed by atoms with Gasteiger partial charge in [0.25, 0.3) is 5.89 Å². The molecule has 6 rings (SSSR count). The van der Waals surface area contributed by atoms with Crippen LogP contribution in [0.4, 0.5) is 32.0 Å². The molecule has 0 saturated heterocycles. The van der Waals surface area contributed by atoms with Gasteiger partial charge < -0.3 is 14.5 Å². The number of fused-ring (bicyclic) bond motifs is 3. The fourth-order valence-electron chi connectivity index (χ4n) is 6.26. The first kappa shape index (κ1) is 27.4. The minimum Gasteiger partial charge on any atom is -0.380 e. The molecule has 0 atom stereocenters. The zero-order valence-corrected chi connectivity index (χ0v) is 21.0. The van der Waals surface area contributed by atoms with Crippen molar-refractivity contribution in [3.63, 3.8) is 0 Å². The van der Waals surface area contributed by atoms with Crippen molar-refractivity contribution in [3.8, 4) is 6.07 Å². The van der Waals surface area contributed by atoms with Gasteiger partial charge in [0.15, 0.2) is 11.4 Å². The van der Waals surface area contributed by atoms with E-state index >= 15 is 0 Å². The van der Waals surface area contributed by atoms with Crippen LogP contribution in [0.5, 0.6) is 0 Å². The molecule has 2 aromatic rings. The summed E-state index contributed by atoms with van der Waals surface area (Å²) in [5.74, 6) is -6.39. The van der Waals surface area contributed by atoms with Crippen molar-refractivity contribution >= 4 is 11.6 Å². The average molecular weight is 557 g/mol. The van der Waals surface area contributed by atoms with Crippen molar-refractivity contribution in [2.75, 3.05) is 11.4 Å². The largest absolute Gasteiger partial charge is 0.417 e. The minimum atomic E-state index is -4.88. The Bertz CT molecular complexity index is 1300. The number of alkyl halides is 5. The number of benzene rings is 1. The maximum Gasteiger partial charge on any atom is 0.417 e. The number of hydrogen-bond acceptors (Lipinski definition) is 6. The predicted molar refractivity (Wildman–Crippen MR) is 123 cm³/mol. The molecule has 0 aliphatic heterocycles. The number of hydrogen-bond donors (Lipinski definition) is 1. The Balaban J connectivity index is 1.39. The number of anilines is 1. The first-order valence-electron chi connectivity index (χ1n) is 12.6. The summed E-state index contributed by atoms with van der Waals surface area (Å²) in [6.07, 6.45) is -3.29. The van der Waals surface area contributed by atoms with Crippen LogP contribution in [0.15, 0.2) is 22.7 Å². The van der Waals surface area contributed by atoms with Crippen LogP contribution in [0, 0.1) is 28.5 Å². The lowest BCUT2D eigenvalue weighted by molar-refractivity contribution is -0.295. The molecular weight excluding hydrogens is 530 g/mol. The predicted octanol–water partition coefficient (Wildman–Crippen LogP) is 5.52. The zero-order valence-electron chi connectivity index (χ0n) is 21.0. The third-order valence-electron chi connectivity index (χ3n) is 8.81. The van der Waals surface area contributed by atoms with E-state index in [9.17, 15) is 41.5 Å². The van der Waals surface area contributed by atoms with Crippen LogP contribution in [-0.4, -0.2) is 39.5 Å². The Labute approximate surface area is 219 Å².